The standard InChI is InChI=1S/C12H18N2/c1-2-6-12(7-3-1)14-10-11-5-4-8-13-9-11/h4-5,8-9,12,14H,1-3,6-7,10H2. The molecular weight excluding hydrogens is 172 g/mol. The zero-order chi connectivity index (χ0) is 9.64. The van der Waals surface area contributed by atoms with E-state index in [1.165, 1.54) is 37.7 Å². The summed E-state index contributed by atoms with van der Waals surface area (Å²) in [5.41, 5.74) is 1.29. The minimum atomic E-state index is 0.740. The Bertz CT molecular complexity index is 252. The van der Waals surface area contributed by atoms with Gasteiger partial charge in [-0.15, -0.1) is 0 Å². The van der Waals surface area contributed by atoms with E-state index in [0.717, 1.165) is 12.6 Å². The lowest BCUT2D eigenvalue weighted by Gasteiger charge is -2.22. The number of nitrogens with zero attached hydrogens (tertiary/aromatic N) is 1. The van der Waals surface area contributed by atoms with Gasteiger partial charge in [-0.3, -0.25) is 4.98 Å². The van der Waals surface area contributed by atoms with Gasteiger partial charge in [0.1, 0.15) is 0 Å². The maximum atomic E-state index is 4.11. The highest BCUT2D eigenvalue weighted by Gasteiger charge is 2.11. The average molecular weight is 190 g/mol. The molecule has 1 heterocycles. The number of hydrogen-bond donors (Lipinski definition) is 1. The molecule has 0 atom stereocenters. The summed E-state index contributed by atoms with van der Waals surface area (Å²) in [7, 11) is 0. The van der Waals surface area contributed by atoms with E-state index in [-0.39, 0.29) is 0 Å². The van der Waals surface area contributed by atoms with Crippen molar-refractivity contribution in [2.75, 3.05) is 0 Å². The van der Waals surface area contributed by atoms with Crippen molar-refractivity contribution >= 4 is 0 Å². The van der Waals surface area contributed by atoms with Crippen LogP contribution < -0.4 is 5.32 Å². The predicted molar refractivity (Wildman–Crippen MR) is 57.9 cm³/mol. The molecule has 0 unspecified atom stereocenters. The molecule has 1 N–H and O–H groups in total. The molecule has 0 aromatic carbocycles. The van der Waals surface area contributed by atoms with E-state index >= 15 is 0 Å². The highest BCUT2D eigenvalue weighted by molar-refractivity contribution is 5.08. The Morgan fingerprint density at radius 3 is 2.86 bits per heavy atom. The van der Waals surface area contributed by atoms with E-state index < -0.39 is 0 Å². The first-order valence-electron chi connectivity index (χ1n) is 5.57. The fourth-order valence-corrected chi connectivity index (χ4v) is 2.07. The van der Waals surface area contributed by atoms with E-state index in [4.69, 9.17) is 0 Å². The van der Waals surface area contributed by atoms with Crippen molar-refractivity contribution in [3.05, 3.63) is 30.1 Å². The van der Waals surface area contributed by atoms with Crippen molar-refractivity contribution < 1.29 is 0 Å². The van der Waals surface area contributed by atoms with Gasteiger partial charge in [-0.1, -0.05) is 25.3 Å². The van der Waals surface area contributed by atoms with Crippen molar-refractivity contribution in [2.24, 2.45) is 0 Å². The molecule has 0 saturated heterocycles. The smallest absolute Gasteiger partial charge is 0.0312 e. The van der Waals surface area contributed by atoms with Gasteiger partial charge in [0.2, 0.25) is 0 Å². The summed E-state index contributed by atoms with van der Waals surface area (Å²) in [6, 6.07) is 4.87. The Morgan fingerprint density at radius 1 is 1.29 bits per heavy atom. The van der Waals surface area contributed by atoms with Crippen LogP contribution in [-0.4, -0.2) is 11.0 Å². The maximum absolute atomic E-state index is 4.11. The second-order valence-electron chi connectivity index (χ2n) is 4.08. The van der Waals surface area contributed by atoms with Gasteiger partial charge in [0, 0.05) is 25.0 Å². The summed E-state index contributed by atoms with van der Waals surface area (Å²) < 4.78 is 0. The summed E-state index contributed by atoms with van der Waals surface area (Å²) in [4.78, 5) is 4.11. The molecule has 0 radical (unpaired) electrons. The fourth-order valence-electron chi connectivity index (χ4n) is 2.07. The van der Waals surface area contributed by atoms with Crippen LogP contribution in [0.1, 0.15) is 37.7 Å². The lowest BCUT2D eigenvalue weighted by Crippen LogP contribution is -2.30. The molecule has 0 spiro atoms. The predicted octanol–water partition coefficient (Wildman–Crippen LogP) is 2.50. The summed E-state index contributed by atoms with van der Waals surface area (Å²) in [6.07, 6.45) is 10.7. The van der Waals surface area contributed by atoms with Gasteiger partial charge >= 0.3 is 0 Å². The van der Waals surface area contributed by atoms with Crippen LogP contribution in [0.5, 0.6) is 0 Å². The molecule has 2 nitrogen and oxygen atoms in total. The lowest BCUT2D eigenvalue weighted by molar-refractivity contribution is 0.372. The first-order chi connectivity index (χ1) is 6.95. The van der Waals surface area contributed by atoms with Gasteiger partial charge in [-0.25, -0.2) is 0 Å². The van der Waals surface area contributed by atoms with E-state index in [1.54, 1.807) is 0 Å². The molecule has 2 heteroatoms. The van der Waals surface area contributed by atoms with E-state index in [1.807, 2.05) is 18.5 Å². The number of aromatic nitrogens is 1. The molecule has 1 aromatic heterocycles. The number of nitrogens with one attached hydrogen (secondary N) is 1. The third-order valence-electron chi connectivity index (χ3n) is 2.92. The van der Waals surface area contributed by atoms with Crippen LogP contribution in [0.4, 0.5) is 0 Å². The Hall–Kier alpha value is -0.890. The molecule has 1 aliphatic rings. The SMILES string of the molecule is c1cncc(CNC2CCCCC2)c1. The van der Waals surface area contributed by atoms with Crippen molar-refractivity contribution in [1.29, 1.82) is 0 Å². The molecular formula is C12H18N2. The van der Waals surface area contributed by atoms with Crippen LogP contribution in [0.2, 0.25) is 0 Å². The zero-order valence-corrected chi connectivity index (χ0v) is 8.58. The van der Waals surface area contributed by atoms with Gasteiger partial charge in [0.25, 0.3) is 0 Å². The molecule has 2 rings (SSSR count). The van der Waals surface area contributed by atoms with Crippen LogP contribution in [0.3, 0.4) is 0 Å². The molecule has 76 valence electrons. The highest BCUT2D eigenvalue weighted by Crippen LogP contribution is 2.17. The molecule has 1 saturated carbocycles. The van der Waals surface area contributed by atoms with Crippen LogP contribution in [0.25, 0.3) is 0 Å². The Labute approximate surface area is 85.7 Å². The number of rotatable bonds is 3. The van der Waals surface area contributed by atoms with Gasteiger partial charge in [-0.2, -0.15) is 0 Å². The largest absolute Gasteiger partial charge is 0.310 e. The van der Waals surface area contributed by atoms with Gasteiger partial charge in [0.05, 0.1) is 0 Å². The molecule has 14 heavy (non-hydrogen) atoms. The Balaban J connectivity index is 1.76. The second-order valence-corrected chi connectivity index (χ2v) is 4.08. The molecule has 0 amide bonds. The highest BCUT2D eigenvalue weighted by atomic mass is 14.9. The molecule has 0 bridgehead atoms. The van der Waals surface area contributed by atoms with E-state index in [2.05, 4.69) is 16.4 Å². The number of pyridine rings is 1. The summed E-state index contributed by atoms with van der Waals surface area (Å²) in [5.74, 6) is 0. The van der Waals surface area contributed by atoms with Crippen LogP contribution in [0, 0.1) is 0 Å². The minimum absolute atomic E-state index is 0.740. The molecule has 0 aliphatic heterocycles. The van der Waals surface area contributed by atoms with Crippen molar-refractivity contribution in [3.8, 4) is 0 Å². The minimum Gasteiger partial charge on any atom is -0.310 e. The quantitative estimate of drug-likeness (QED) is 0.792. The first kappa shape index (κ1) is 9.66. The summed E-state index contributed by atoms with van der Waals surface area (Å²) >= 11 is 0. The Morgan fingerprint density at radius 2 is 2.14 bits per heavy atom. The second kappa shape index (κ2) is 5.11. The lowest BCUT2D eigenvalue weighted by atomic mass is 9.95. The number of hydrogen-bond acceptors (Lipinski definition) is 2. The third kappa shape index (κ3) is 2.81. The maximum Gasteiger partial charge on any atom is 0.0312 e. The van der Waals surface area contributed by atoms with Gasteiger partial charge in [0.15, 0.2) is 0 Å². The van der Waals surface area contributed by atoms with Gasteiger partial charge in [-0.05, 0) is 24.5 Å². The van der Waals surface area contributed by atoms with E-state index in [0.29, 0.717) is 0 Å². The molecule has 1 aromatic rings. The zero-order valence-electron chi connectivity index (χ0n) is 8.58. The topological polar surface area (TPSA) is 24.9 Å². The molecule has 1 fully saturated rings. The normalized spacial score (nSPS) is 18.3. The van der Waals surface area contributed by atoms with Crippen LogP contribution in [0.15, 0.2) is 24.5 Å². The monoisotopic (exact) mass is 190 g/mol. The van der Waals surface area contributed by atoms with Crippen molar-refractivity contribution in [3.63, 3.8) is 0 Å². The van der Waals surface area contributed by atoms with Crippen molar-refractivity contribution in [1.82, 2.24) is 10.3 Å². The third-order valence-corrected chi connectivity index (χ3v) is 2.92. The van der Waals surface area contributed by atoms with Crippen molar-refractivity contribution in [2.45, 2.75) is 44.7 Å². The summed E-state index contributed by atoms with van der Waals surface area (Å²) in [5, 5.41) is 3.60. The molecule has 1 aliphatic carbocycles. The fraction of sp³-hybridized carbons (Fsp3) is 0.583. The Kier molecular flexibility index (Phi) is 3.52. The van der Waals surface area contributed by atoms with Gasteiger partial charge < -0.3 is 5.32 Å². The summed E-state index contributed by atoms with van der Waals surface area (Å²) in [6.45, 7) is 0.971. The van der Waals surface area contributed by atoms with E-state index in [9.17, 15) is 0 Å². The van der Waals surface area contributed by atoms with Crippen LogP contribution >= 0.6 is 0 Å². The van der Waals surface area contributed by atoms with Crippen LogP contribution in [-0.2, 0) is 6.54 Å². The first-order valence-corrected chi connectivity index (χ1v) is 5.57. The average Bonchev–Trinajstić information content (AvgIpc) is 2.29.